The zero-order valence-electron chi connectivity index (χ0n) is 16.3. The molecule has 146 valence electrons. The Labute approximate surface area is 154 Å². The van der Waals surface area contributed by atoms with Crippen molar-refractivity contribution >= 4 is 15.8 Å². The van der Waals surface area contributed by atoms with Crippen molar-refractivity contribution in [1.29, 1.82) is 0 Å². The average Bonchev–Trinajstić information content (AvgIpc) is 2.53. The van der Waals surface area contributed by atoms with Gasteiger partial charge < -0.3 is 10.6 Å². The van der Waals surface area contributed by atoms with Gasteiger partial charge in [0.2, 0.25) is 0 Å². The van der Waals surface area contributed by atoms with Crippen LogP contribution in [0.5, 0.6) is 0 Å². The van der Waals surface area contributed by atoms with Crippen LogP contribution < -0.4 is 10.6 Å². The maximum atomic E-state index is 11.4. The number of aliphatic imine (C=N–C) groups is 1. The summed E-state index contributed by atoms with van der Waals surface area (Å²) in [6.07, 6.45) is 6.05. The molecule has 0 aromatic heterocycles. The number of piperidine rings is 1. The summed E-state index contributed by atoms with van der Waals surface area (Å²) in [6, 6.07) is 0.429. The summed E-state index contributed by atoms with van der Waals surface area (Å²) in [5.41, 5.74) is -0.140. The van der Waals surface area contributed by atoms with Crippen molar-refractivity contribution in [2.75, 3.05) is 44.7 Å². The molecule has 6 nitrogen and oxygen atoms in total. The van der Waals surface area contributed by atoms with E-state index in [-0.39, 0.29) is 11.2 Å². The Bertz CT molecular complexity index is 535. The van der Waals surface area contributed by atoms with Crippen molar-refractivity contribution in [2.45, 2.75) is 46.1 Å². The molecule has 25 heavy (non-hydrogen) atoms. The molecule has 1 saturated heterocycles. The van der Waals surface area contributed by atoms with Crippen molar-refractivity contribution in [3.63, 3.8) is 0 Å². The van der Waals surface area contributed by atoms with E-state index < -0.39 is 9.84 Å². The highest BCUT2D eigenvalue weighted by molar-refractivity contribution is 7.90. The second kappa shape index (κ2) is 10.2. The molecule has 0 atom stereocenters. The smallest absolute Gasteiger partial charge is 0.191 e. The van der Waals surface area contributed by atoms with Gasteiger partial charge in [0, 0.05) is 45.0 Å². The summed E-state index contributed by atoms with van der Waals surface area (Å²) in [6.45, 7) is 14.5. The summed E-state index contributed by atoms with van der Waals surface area (Å²) in [5, 5.41) is 6.83. The second-order valence-corrected chi connectivity index (χ2v) is 10.0. The Morgan fingerprint density at radius 2 is 2.00 bits per heavy atom. The minimum Gasteiger partial charge on any atom is -0.357 e. The van der Waals surface area contributed by atoms with Gasteiger partial charge in [0.1, 0.15) is 9.84 Å². The molecule has 1 aliphatic rings. The van der Waals surface area contributed by atoms with Crippen molar-refractivity contribution in [3.05, 3.63) is 12.7 Å². The largest absolute Gasteiger partial charge is 0.357 e. The van der Waals surface area contributed by atoms with Crippen LogP contribution in [0.3, 0.4) is 0 Å². The van der Waals surface area contributed by atoms with Gasteiger partial charge in [-0.25, -0.2) is 8.42 Å². The monoisotopic (exact) mass is 372 g/mol. The lowest BCUT2D eigenvalue weighted by molar-refractivity contribution is 0.225. The van der Waals surface area contributed by atoms with E-state index in [1.54, 1.807) is 0 Å². The van der Waals surface area contributed by atoms with Crippen LogP contribution in [0, 0.1) is 5.41 Å². The highest BCUT2D eigenvalue weighted by Gasteiger charge is 2.22. The first-order valence-corrected chi connectivity index (χ1v) is 11.3. The van der Waals surface area contributed by atoms with Gasteiger partial charge >= 0.3 is 0 Å². The Hall–Kier alpha value is -1.08. The molecule has 0 aromatic carbocycles. The third-order valence-corrected chi connectivity index (χ3v) is 5.42. The molecule has 0 amide bonds. The van der Waals surface area contributed by atoms with Crippen LogP contribution in [0.25, 0.3) is 0 Å². The number of guanidine groups is 1. The van der Waals surface area contributed by atoms with E-state index in [1.807, 2.05) is 6.08 Å². The zero-order valence-corrected chi connectivity index (χ0v) is 17.2. The van der Waals surface area contributed by atoms with Gasteiger partial charge in [-0.15, -0.1) is 6.58 Å². The molecule has 1 fully saturated rings. The molecular formula is C18H36N4O2S. The first-order chi connectivity index (χ1) is 11.6. The summed E-state index contributed by atoms with van der Waals surface area (Å²) >= 11 is 0. The van der Waals surface area contributed by atoms with E-state index in [9.17, 15) is 8.42 Å². The van der Waals surface area contributed by atoms with Crippen molar-refractivity contribution in [3.8, 4) is 0 Å². The first kappa shape index (κ1) is 22.0. The normalized spacial score (nSPS) is 18.2. The fraction of sp³-hybridized carbons (Fsp3) is 0.833. The molecule has 0 saturated carbocycles. The highest BCUT2D eigenvalue weighted by Crippen LogP contribution is 2.21. The molecule has 0 aromatic rings. The molecule has 0 radical (unpaired) electrons. The second-order valence-electron chi connectivity index (χ2n) is 7.75. The number of nitrogens with one attached hydrogen (secondary N) is 2. The summed E-state index contributed by atoms with van der Waals surface area (Å²) < 4.78 is 22.8. The molecule has 1 aliphatic heterocycles. The van der Waals surface area contributed by atoms with E-state index >= 15 is 0 Å². The van der Waals surface area contributed by atoms with Gasteiger partial charge in [0.05, 0.1) is 5.75 Å². The number of nitrogens with zero attached hydrogens (tertiary/aromatic N) is 2. The minimum atomic E-state index is -2.93. The quantitative estimate of drug-likeness (QED) is 0.366. The average molecular weight is 373 g/mol. The number of rotatable bonds is 9. The topological polar surface area (TPSA) is 73.8 Å². The van der Waals surface area contributed by atoms with Gasteiger partial charge in [0.15, 0.2) is 5.96 Å². The van der Waals surface area contributed by atoms with Gasteiger partial charge in [-0.05, 0) is 31.6 Å². The minimum absolute atomic E-state index is 0.140. The predicted octanol–water partition coefficient (Wildman–Crippen LogP) is 1.65. The maximum absolute atomic E-state index is 11.4. The molecule has 2 N–H and O–H groups in total. The van der Waals surface area contributed by atoms with Gasteiger partial charge in [-0.2, -0.15) is 0 Å². The van der Waals surface area contributed by atoms with Crippen LogP contribution >= 0.6 is 0 Å². The van der Waals surface area contributed by atoms with E-state index in [0.29, 0.717) is 19.0 Å². The molecule has 0 spiro atoms. The van der Waals surface area contributed by atoms with Gasteiger partial charge in [-0.3, -0.25) is 9.89 Å². The first-order valence-electron chi connectivity index (χ1n) is 9.21. The molecule has 1 heterocycles. The van der Waals surface area contributed by atoms with E-state index in [4.69, 9.17) is 4.99 Å². The highest BCUT2D eigenvalue weighted by atomic mass is 32.2. The lowest BCUT2D eigenvalue weighted by Gasteiger charge is -2.32. The van der Waals surface area contributed by atoms with Gasteiger partial charge in [-0.1, -0.05) is 19.9 Å². The Balaban J connectivity index is 2.54. The SMILES string of the molecule is C=CCN1CCC(NC(=NCC(C)(C)CCS(C)(=O)=O)NCC)CC1. The van der Waals surface area contributed by atoms with Crippen LogP contribution in [0.1, 0.15) is 40.0 Å². The van der Waals surface area contributed by atoms with Crippen LogP contribution in [0.15, 0.2) is 17.6 Å². The molecule has 0 unspecified atom stereocenters. The molecular weight excluding hydrogens is 336 g/mol. The van der Waals surface area contributed by atoms with Crippen molar-refractivity contribution in [2.24, 2.45) is 10.4 Å². The predicted molar refractivity (Wildman–Crippen MR) is 107 cm³/mol. The lowest BCUT2D eigenvalue weighted by Crippen LogP contribution is -2.49. The van der Waals surface area contributed by atoms with E-state index in [2.05, 4.69) is 42.9 Å². The van der Waals surface area contributed by atoms with E-state index in [0.717, 1.165) is 45.0 Å². The number of sulfone groups is 1. The Kier molecular flexibility index (Phi) is 8.93. The number of hydrogen-bond donors (Lipinski definition) is 2. The molecule has 0 bridgehead atoms. The fourth-order valence-electron chi connectivity index (χ4n) is 2.79. The summed E-state index contributed by atoms with van der Waals surface area (Å²) in [5.74, 6) is 1.04. The van der Waals surface area contributed by atoms with Crippen molar-refractivity contribution in [1.82, 2.24) is 15.5 Å². The Morgan fingerprint density at radius 1 is 1.36 bits per heavy atom. The van der Waals surface area contributed by atoms with Crippen LogP contribution in [0.4, 0.5) is 0 Å². The number of likely N-dealkylation sites (tertiary alicyclic amines) is 1. The van der Waals surface area contributed by atoms with Gasteiger partial charge in [0.25, 0.3) is 0 Å². The summed E-state index contributed by atoms with van der Waals surface area (Å²) in [7, 11) is -2.93. The number of hydrogen-bond acceptors (Lipinski definition) is 4. The Morgan fingerprint density at radius 3 is 2.52 bits per heavy atom. The molecule has 1 rings (SSSR count). The zero-order chi connectivity index (χ0) is 18.9. The lowest BCUT2D eigenvalue weighted by atomic mass is 9.90. The summed E-state index contributed by atoms with van der Waals surface area (Å²) in [4.78, 5) is 7.11. The maximum Gasteiger partial charge on any atom is 0.191 e. The van der Waals surface area contributed by atoms with Crippen LogP contribution in [-0.4, -0.2) is 70.1 Å². The van der Waals surface area contributed by atoms with Crippen molar-refractivity contribution < 1.29 is 8.42 Å². The third-order valence-electron chi connectivity index (χ3n) is 4.47. The van der Waals surface area contributed by atoms with Crippen LogP contribution in [-0.2, 0) is 9.84 Å². The standard InChI is InChI=1S/C18H36N4O2S/c1-6-11-22-12-8-16(9-13-22)21-17(19-7-2)20-15-18(3,4)10-14-25(5,23)24/h6,16H,1,7-15H2,2-5H3,(H2,19,20,21). The molecule has 0 aliphatic carbocycles. The van der Waals surface area contributed by atoms with E-state index in [1.165, 1.54) is 6.26 Å². The fourth-order valence-corrected chi connectivity index (χ4v) is 3.71. The molecule has 7 heteroatoms. The van der Waals surface area contributed by atoms with Crippen LogP contribution in [0.2, 0.25) is 0 Å². The third kappa shape index (κ3) is 9.84.